The minimum Gasteiger partial charge on any atom is -0.480 e. The smallest absolute Gasteiger partial charge is 0.416 e. The number of hydrogen-bond acceptors (Lipinski definition) is 5. The van der Waals surface area contributed by atoms with Crippen LogP contribution in [0.2, 0.25) is 0 Å². The molecule has 0 aromatic heterocycles. The lowest BCUT2D eigenvalue weighted by molar-refractivity contribution is -0.150. The number of carboxylic acids is 1. The average molecular weight is 641 g/mol. The van der Waals surface area contributed by atoms with Crippen LogP contribution >= 0.6 is 0 Å². The number of nitrogens with zero attached hydrogens (tertiary/aromatic N) is 1. The largest absolute Gasteiger partial charge is 0.480 e. The fraction of sp³-hybridized carbons (Fsp3) is 0.375. The van der Waals surface area contributed by atoms with Gasteiger partial charge in [0.1, 0.15) is 12.1 Å². The van der Waals surface area contributed by atoms with Crippen molar-refractivity contribution in [1.82, 2.24) is 4.90 Å². The van der Waals surface area contributed by atoms with Gasteiger partial charge in [-0.15, -0.1) is 0 Å². The molecule has 244 valence electrons. The summed E-state index contributed by atoms with van der Waals surface area (Å²) in [5.41, 5.74) is 0.659. The standard InChI is InChI=1S/C31H30F6N2O5.CH4/c1-20(22-14-24(30(32,33)34)16-25(15-22)31(35,36)37)44-19-29(23-10-6-3-7-11-23)13-12-28(38,26(40)41)18-39(29)27(42)43-17-21-8-4-2-5-9-21;/h2-11,14-16,20H,12-13,17-19,38H2,1H3,(H,40,41);1H4/t20-,28?,29-;/m1./s1. The average Bonchev–Trinajstić information content (AvgIpc) is 2.99. The molecule has 3 N–H and O–H groups in total. The van der Waals surface area contributed by atoms with E-state index in [2.05, 4.69) is 0 Å². The Kier molecular flexibility index (Phi) is 10.6. The van der Waals surface area contributed by atoms with Gasteiger partial charge >= 0.3 is 24.4 Å². The number of likely N-dealkylation sites (tertiary alicyclic amines) is 1. The predicted molar refractivity (Wildman–Crippen MR) is 153 cm³/mol. The van der Waals surface area contributed by atoms with Gasteiger partial charge in [-0.2, -0.15) is 26.3 Å². The maximum atomic E-state index is 13.6. The third-order valence-electron chi connectivity index (χ3n) is 7.76. The van der Waals surface area contributed by atoms with Crippen molar-refractivity contribution in [2.45, 2.75) is 63.3 Å². The number of ether oxygens (including phenoxy) is 2. The maximum absolute atomic E-state index is 13.6. The molecule has 3 aromatic carbocycles. The topological polar surface area (TPSA) is 102 Å². The second-order valence-electron chi connectivity index (χ2n) is 10.8. The van der Waals surface area contributed by atoms with Crippen LogP contribution in [0, 0.1) is 0 Å². The van der Waals surface area contributed by atoms with Gasteiger partial charge in [0.25, 0.3) is 0 Å². The van der Waals surface area contributed by atoms with Crippen LogP contribution in [0.3, 0.4) is 0 Å². The lowest BCUT2D eigenvalue weighted by Gasteiger charge is -2.51. The summed E-state index contributed by atoms with van der Waals surface area (Å²) in [6.45, 7) is 0.198. The van der Waals surface area contributed by atoms with E-state index >= 15 is 0 Å². The number of nitrogens with two attached hydrogens (primary N) is 1. The van der Waals surface area contributed by atoms with E-state index in [1.54, 1.807) is 60.7 Å². The molecule has 3 atom stereocenters. The molecule has 0 bridgehead atoms. The van der Waals surface area contributed by atoms with Crippen LogP contribution in [0.1, 0.15) is 61.1 Å². The van der Waals surface area contributed by atoms with E-state index in [1.807, 2.05) is 0 Å². The van der Waals surface area contributed by atoms with E-state index in [9.17, 15) is 41.0 Å². The number of aliphatic carboxylic acids is 1. The summed E-state index contributed by atoms with van der Waals surface area (Å²) in [5.74, 6) is -1.36. The van der Waals surface area contributed by atoms with E-state index in [0.29, 0.717) is 23.3 Å². The molecule has 3 aromatic rings. The predicted octanol–water partition coefficient (Wildman–Crippen LogP) is 7.55. The molecular formula is C32H34F6N2O5. The number of piperidine rings is 1. The highest BCUT2D eigenvalue weighted by Gasteiger charge is 2.53. The molecule has 4 rings (SSSR count). The number of carbonyl (C=O) groups is 2. The third kappa shape index (κ3) is 7.95. The SMILES string of the molecule is C.C[C@@H](OC[C@@]1(c2ccccc2)CCC(N)(C(=O)O)CN1C(=O)OCc1ccccc1)c1cc(C(F)(F)F)cc(C(F)(F)F)c1. The molecule has 1 saturated heterocycles. The van der Waals surface area contributed by atoms with Gasteiger partial charge in [0, 0.05) is 0 Å². The molecule has 0 saturated carbocycles. The van der Waals surface area contributed by atoms with Crippen molar-refractivity contribution in [3.05, 3.63) is 107 Å². The Morgan fingerprint density at radius 2 is 1.44 bits per heavy atom. The molecule has 1 amide bonds. The molecule has 0 aliphatic carbocycles. The summed E-state index contributed by atoms with van der Waals surface area (Å²) in [6.07, 6.45) is -12.5. The number of hydrogen-bond donors (Lipinski definition) is 2. The molecule has 1 unspecified atom stereocenters. The van der Waals surface area contributed by atoms with Crippen molar-refractivity contribution in [2.75, 3.05) is 13.2 Å². The van der Waals surface area contributed by atoms with Gasteiger partial charge in [-0.05, 0) is 54.7 Å². The molecule has 0 spiro atoms. The number of amides is 1. The van der Waals surface area contributed by atoms with Gasteiger partial charge in [-0.3, -0.25) is 9.69 Å². The lowest BCUT2D eigenvalue weighted by Crippen LogP contribution is -2.67. The van der Waals surface area contributed by atoms with E-state index in [1.165, 1.54) is 6.92 Å². The summed E-state index contributed by atoms with van der Waals surface area (Å²) < 4.78 is 92.5. The van der Waals surface area contributed by atoms with Crippen molar-refractivity contribution in [3.63, 3.8) is 0 Å². The molecule has 0 radical (unpaired) electrons. The van der Waals surface area contributed by atoms with Crippen molar-refractivity contribution < 1.29 is 50.5 Å². The van der Waals surface area contributed by atoms with E-state index in [-0.39, 0.29) is 38.5 Å². The van der Waals surface area contributed by atoms with Crippen molar-refractivity contribution in [2.24, 2.45) is 5.73 Å². The Balaban J connectivity index is 0.00000552. The van der Waals surface area contributed by atoms with Crippen LogP contribution < -0.4 is 5.73 Å². The van der Waals surface area contributed by atoms with E-state index in [4.69, 9.17) is 15.2 Å². The van der Waals surface area contributed by atoms with Crippen molar-refractivity contribution >= 4 is 12.1 Å². The summed E-state index contributed by atoms with van der Waals surface area (Å²) in [7, 11) is 0. The quantitative estimate of drug-likeness (QED) is 0.247. The first-order chi connectivity index (χ1) is 20.5. The number of alkyl halides is 6. The second-order valence-corrected chi connectivity index (χ2v) is 10.8. The minimum absolute atomic E-state index is 0. The van der Waals surface area contributed by atoms with Crippen molar-refractivity contribution in [1.29, 1.82) is 0 Å². The monoisotopic (exact) mass is 640 g/mol. The zero-order valence-electron chi connectivity index (χ0n) is 23.5. The minimum atomic E-state index is -5.05. The number of halogens is 6. The Morgan fingerprint density at radius 3 is 1.96 bits per heavy atom. The Hall–Kier alpha value is -4.10. The van der Waals surface area contributed by atoms with E-state index in [0.717, 1.165) is 4.90 Å². The molecule has 1 heterocycles. The van der Waals surface area contributed by atoms with Gasteiger partial charge in [-0.25, -0.2) is 4.79 Å². The summed E-state index contributed by atoms with van der Waals surface area (Å²) >= 11 is 0. The normalized spacial score (nSPS) is 21.0. The molecule has 1 aliphatic rings. The fourth-order valence-corrected chi connectivity index (χ4v) is 5.14. The number of carbonyl (C=O) groups excluding carboxylic acids is 1. The van der Waals surface area contributed by atoms with Crippen LogP contribution in [0.5, 0.6) is 0 Å². The summed E-state index contributed by atoms with van der Waals surface area (Å²) in [4.78, 5) is 26.9. The highest BCUT2D eigenvalue weighted by molar-refractivity contribution is 5.81. The van der Waals surface area contributed by atoms with Gasteiger partial charge in [-0.1, -0.05) is 68.1 Å². The van der Waals surface area contributed by atoms with Gasteiger partial charge in [0.2, 0.25) is 0 Å². The first-order valence-electron chi connectivity index (χ1n) is 13.5. The third-order valence-corrected chi connectivity index (χ3v) is 7.76. The number of carboxylic acid groups (broad SMARTS) is 1. The molecule has 1 fully saturated rings. The van der Waals surface area contributed by atoms with Gasteiger partial charge in [0.05, 0.1) is 35.9 Å². The number of rotatable bonds is 8. The van der Waals surface area contributed by atoms with Crippen LogP contribution in [0.15, 0.2) is 78.9 Å². The number of benzene rings is 3. The Bertz CT molecular complexity index is 1440. The molecule has 13 heteroatoms. The molecule has 7 nitrogen and oxygen atoms in total. The van der Waals surface area contributed by atoms with Gasteiger partial charge in [0.15, 0.2) is 0 Å². The highest BCUT2D eigenvalue weighted by atomic mass is 19.4. The molecular weight excluding hydrogens is 606 g/mol. The highest BCUT2D eigenvalue weighted by Crippen LogP contribution is 2.43. The van der Waals surface area contributed by atoms with Crippen LogP contribution in [-0.4, -0.2) is 40.8 Å². The zero-order valence-corrected chi connectivity index (χ0v) is 23.5. The fourth-order valence-electron chi connectivity index (χ4n) is 5.14. The van der Waals surface area contributed by atoms with Crippen LogP contribution in [0.25, 0.3) is 0 Å². The Morgan fingerprint density at radius 1 is 0.911 bits per heavy atom. The lowest BCUT2D eigenvalue weighted by atomic mass is 9.75. The summed E-state index contributed by atoms with van der Waals surface area (Å²) in [5, 5.41) is 9.88. The Labute approximate surface area is 256 Å². The molecule has 1 aliphatic heterocycles. The van der Waals surface area contributed by atoms with Crippen LogP contribution in [0.4, 0.5) is 31.1 Å². The first kappa shape index (κ1) is 35.4. The zero-order chi connectivity index (χ0) is 32.3. The van der Waals surface area contributed by atoms with Crippen molar-refractivity contribution in [3.8, 4) is 0 Å². The van der Waals surface area contributed by atoms with Gasteiger partial charge < -0.3 is 20.3 Å². The maximum Gasteiger partial charge on any atom is 0.416 e. The summed E-state index contributed by atoms with van der Waals surface area (Å²) in [6, 6.07) is 18.2. The molecule has 45 heavy (non-hydrogen) atoms. The van der Waals surface area contributed by atoms with Crippen LogP contribution in [-0.2, 0) is 38.8 Å². The first-order valence-corrected chi connectivity index (χ1v) is 13.5. The van der Waals surface area contributed by atoms with E-state index < -0.39 is 65.9 Å². The second kappa shape index (κ2) is 13.5.